The molecule has 3 N–H and O–H groups in total. The number of aromatic nitrogens is 1. The molecule has 27 heavy (non-hydrogen) atoms. The lowest BCUT2D eigenvalue weighted by Crippen LogP contribution is -2.32. The number of benzene rings is 2. The van der Waals surface area contributed by atoms with Crippen molar-refractivity contribution in [2.24, 2.45) is 0 Å². The normalized spacial score (nSPS) is 13.7. The number of H-pyrrole nitrogens is 1. The quantitative estimate of drug-likeness (QED) is 0.645. The van der Waals surface area contributed by atoms with Gasteiger partial charge in [-0.3, -0.25) is 4.90 Å². The highest BCUT2D eigenvalue weighted by atomic mass is 16.4. The third kappa shape index (κ3) is 3.17. The summed E-state index contributed by atoms with van der Waals surface area (Å²) in [4.78, 5) is 29.2. The number of aliphatic carboxylic acids is 1. The van der Waals surface area contributed by atoms with Gasteiger partial charge in [-0.1, -0.05) is 35.9 Å². The van der Waals surface area contributed by atoms with Crippen molar-refractivity contribution in [3.05, 3.63) is 71.6 Å². The van der Waals surface area contributed by atoms with Gasteiger partial charge in [0.15, 0.2) is 0 Å². The Morgan fingerprint density at radius 1 is 1.11 bits per heavy atom. The van der Waals surface area contributed by atoms with Crippen LogP contribution in [0.5, 0.6) is 0 Å². The van der Waals surface area contributed by atoms with Crippen LogP contribution in [0.25, 0.3) is 16.5 Å². The van der Waals surface area contributed by atoms with E-state index in [0.29, 0.717) is 24.3 Å². The van der Waals surface area contributed by atoms with Crippen LogP contribution in [0.1, 0.15) is 16.8 Å². The average Bonchev–Trinajstić information content (AvgIpc) is 2.90. The fourth-order valence-electron chi connectivity index (χ4n) is 3.36. The molecule has 1 aliphatic heterocycles. The van der Waals surface area contributed by atoms with Gasteiger partial charge >= 0.3 is 12.0 Å². The number of carboxylic acid groups (broad SMARTS) is 1. The Morgan fingerprint density at radius 3 is 2.59 bits per heavy atom. The van der Waals surface area contributed by atoms with E-state index >= 15 is 0 Å². The number of para-hydroxylation sites is 1. The summed E-state index contributed by atoms with van der Waals surface area (Å²) in [5.74, 6) is -1.07. The molecule has 1 aromatic heterocycles. The van der Waals surface area contributed by atoms with Crippen molar-refractivity contribution in [2.45, 2.75) is 13.3 Å². The molecule has 0 atom stereocenters. The lowest BCUT2D eigenvalue weighted by Gasteiger charge is -2.18. The summed E-state index contributed by atoms with van der Waals surface area (Å²) < 4.78 is 0. The van der Waals surface area contributed by atoms with Crippen LogP contribution in [-0.4, -0.2) is 33.5 Å². The molecule has 0 unspecified atom stereocenters. The van der Waals surface area contributed by atoms with Gasteiger partial charge in [-0.05, 0) is 37.1 Å². The van der Waals surface area contributed by atoms with Crippen LogP contribution in [0.15, 0.2) is 54.7 Å². The number of hydrogen-bond donors (Lipinski definition) is 3. The van der Waals surface area contributed by atoms with Crippen LogP contribution in [0.3, 0.4) is 0 Å². The topological polar surface area (TPSA) is 85.4 Å². The molecule has 0 radical (unpaired) electrons. The zero-order valence-corrected chi connectivity index (χ0v) is 14.8. The van der Waals surface area contributed by atoms with Crippen LogP contribution in [0, 0.1) is 6.92 Å². The average molecular weight is 361 g/mol. The minimum absolute atomic E-state index is 0.0813. The Labute approximate surface area is 156 Å². The van der Waals surface area contributed by atoms with Gasteiger partial charge in [-0.2, -0.15) is 0 Å². The predicted octanol–water partition coefficient (Wildman–Crippen LogP) is 3.99. The molecule has 0 fully saturated rings. The highest BCUT2D eigenvalue weighted by Crippen LogP contribution is 2.31. The number of anilines is 1. The highest BCUT2D eigenvalue weighted by molar-refractivity contribution is 6.17. The molecule has 3 aromatic rings. The predicted molar refractivity (Wildman–Crippen MR) is 105 cm³/mol. The van der Waals surface area contributed by atoms with E-state index in [1.165, 1.54) is 11.1 Å². The number of carbonyl (C=O) groups excluding carboxylic acids is 1. The lowest BCUT2D eigenvalue weighted by atomic mass is 10.0. The van der Waals surface area contributed by atoms with E-state index < -0.39 is 5.97 Å². The molecule has 6 heteroatoms. The summed E-state index contributed by atoms with van der Waals surface area (Å²) in [6.45, 7) is 2.36. The first kappa shape index (κ1) is 16.9. The number of fused-ring (bicyclic) bond motifs is 3. The van der Waals surface area contributed by atoms with Gasteiger partial charge in [-0.25, -0.2) is 9.59 Å². The van der Waals surface area contributed by atoms with Crippen molar-refractivity contribution in [3.63, 3.8) is 0 Å². The maximum Gasteiger partial charge on any atom is 0.339 e. The third-order valence-corrected chi connectivity index (χ3v) is 4.76. The minimum atomic E-state index is -1.07. The molecule has 1 aliphatic rings. The molecule has 4 rings (SSSR count). The van der Waals surface area contributed by atoms with Crippen LogP contribution in [0.4, 0.5) is 10.5 Å². The van der Waals surface area contributed by atoms with E-state index in [0.717, 1.165) is 22.0 Å². The molecule has 2 heterocycles. The summed E-state index contributed by atoms with van der Waals surface area (Å²) in [6, 6.07) is 14.8. The van der Waals surface area contributed by atoms with Gasteiger partial charge in [0.05, 0.1) is 11.3 Å². The summed E-state index contributed by atoms with van der Waals surface area (Å²) in [5, 5.41) is 13.5. The van der Waals surface area contributed by atoms with Crippen molar-refractivity contribution in [1.82, 2.24) is 9.88 Å². The largest absolute Gasteiger partial charge is 0.478 e. The fraction of sp³-hybridized carbons (Fsp3) is 0.143. The molecule has 136 valence electrons. The number of carbonyl (C=O) groups is 2. The molecule has 0 aliphatic carbocycles. The van der Waals surface area contributed by atoms with E-state index in [4.69, 9.17) is 0 Å². The maximum absolute atomic E-state index is 12.7. The number of nitrogens with zero attached hydrogens (tertiary/aromatic N) is 1. The zero-order valence-electron chi connectivity index (χ0n) is 14.8. The summed E-state index contributed by atoms with van der Waals surface area (Å²) in [6.07, 6.45) is 1.97. The van der Waals surface area contributed by atoms with E-state index in [-0.39, 0.29) is 11.6 Å². The number of nitrogens with one attached hydrogen (secondary N) is 2. The first-order chi connectivity index (χ1) is 13.0. The zero-order chi connectivity index (χ0) is 19.0. The number of carboxylic acids is 1. The number of aromatic amines is 1. The Bertz CT molecular complexity index is 1060. The Hall–Kier alpha value is -3.54. The first-order valence-corrected chi connectivity index (χ1v) is 8.72. The lowest BCUT2D eigenvalue weighted by molar-refractivity contribution is -0.130. The second-order valence-corrected chi connectivity index (χ2v) is 6.61. The van der Waals surface area contributed by atoms with Gasteiger partial charge < -0.3 is 15.4 Å². The molecule has 0 saturated carbocycles. The number of hydrogen-bond acceptors (Lipinski definition) is 2. The Balaban J connectivity index is 1.68. The van der Waals surface area contributed by atoms with Gasteiger partial charge in [0, 0.05) is 29.3 Å². The molecule has 0 saturated heterocycles. The van der Waals surface area contributed by atoms with E-state index in [1.54, 1.807) is 0 Å². The van der Waals surface area contributed by atoms with Crippen molar-refractivity contribution in [1.29, 1.82) is 0 Å². The summed E-state index contributed by atoms with van der Waals surface area (Å²) >= 11 is 0. The Kier molecular flexibility index (Phi) is 4.16. The molecule has 6 nitrogen and oxygen atoms in total. The molecular weight excluding hydrogens is 342 g/mol. The van der Waals surface area contributed by atoms with Crippen LogP contribution < -0.4 is 5.32 Å². The number of rotatable bonds is 2. The second-order valence-electron chi connectivity index (χ2n) is 6.61. The summed E-state index contributed by atoms with van der Waals surface area (Å²) in [7, 11) is 0. The first-order valence-electron chi connectivity index (χ1n) is 8.72. The molecular formula is C21H19N3O3. The Morgan fingerprint density at radius 2 is 1.85 bits per heavy atom. The smallest absolute Gasteiger partial charge is 0.339 e. The van der Waals surface area contributed by atoms with Gasteiger partial charge in [0.25, 0.3) is 0 Å². The van der Waals surface area contributed by atoms with Gasteiger partial charge in [0.2, 0.25) is 0 Å². The molecule has 0 spiro atoms. The molecule has 2 amide bonds. The van der Waals surface area contributed by atoms with Crippen molar-refractivity contribution < 1.29 is 14.7 Å². The van der Waals surface area contributed by atoms with E-state index in [1.807, 2.05) is 55.5 Å². The highest BCUT2D eigenvalue weighted by Gasteiger charge is 2.26. The standard InChI is InChI=1S/C21H19N3O3/c1-13-6-8-14(9-7-13)22-21(27)24-11-10-16-15-4-2-3-5-18(15)23-19(16)17(12-24)20(25)26/h2-9,12,23H,10-11H2,1H3,(H,22,27)(H,25,26). The van der Waals surface area contributed by atoms with Crippen LogP contribution >= 0.6 is 0 Å². The second kappa shape index (κ2) is 6.64. The fourth-order valence-corrected chi connectivity index (χ4v) is 3.36. The third-order valence-electron chi connectivity index (χ3n) is 4.76. The molecule has 2 aromatic carbocycles. The SMILES string of the molecule is Cc1ccc(NC(=O)N2C=C(C(=O)O)c3[nH]c4ccccc4c3CC2)cc1. The number of aryl methyl sites for hydroxylation is 1. The van der Waals surface area contributed by atoms with Gasteiger partial charge in [0.1, 0.15) is 0 Å². The van der Waals surface area contributed by atoms with Crippen LogP contribution in [0.2, 0.25) is 0 Å². The summed E-state index contributed by atoms with van der Waals surface area (Å²) in [5.41, 5.74) is 4.23. The van der Waals surface area contributed by atoms with Crippen molar-refractivity contribution >= 4 is 34.2 Å². The van der Waals surface area contributed by atoms with Crippen molar-refractivity contribution in [2.75, 3.05) is 11.9 Å². The van der Waals surface area contributed by atoms with E-state index in [2.05, 4.69) is 10.3 Å². The number of amides is 2. The minimum Gasteiger partial charge on any atom is -0.478 e. The molecule has 0 bridgehead atoms. The maximum atomic E-state index is 12.7. The van der Waals surface area contributed by atoms with Crippen molar-refractivity contribution in [3.8, 4) is 0 Å². The van der Waals surface area contributed by atoms with Crippen LogP contribution in [-0.2, 0) is 11.2 Å². The monoisotopic (exact) mass is 361 g/mol. The number of urea groups is 1. The van der Waals surface area contributed by atoms with Gasteiger partial charge in [-0.15, -0.1) is 0 Å². The van der Waals surface area contributed by atoms with E-state index in [9.17, 15) is 14.7 Å².